The molecular formula is C12H16O3. The van der Waals surface area contributed by atoms with Gasteiger partial charge in [-0.1, -0.05) is 18.8 Å². The highest BCUT2D eigenvalue weighted by atomic mass is 16.3. The first-order valence-electron chi connectivity index (χ1n) is 4.85. The molecular weight excluding hydrogens is 192 g/mol. The fourth-order valence-corrected chi connectivity index (χ4v) is 0.687. The Morgan fingerprint density at radius 2 is 2.00 bits per heavy atom. The highest BCUT2D eigenvalue weighted by molar-refractivity contribution is 5.31. The Hall–Kier alpha value is -1.26. The summed E-state index contributed by atoms with van der Waals surface area (Å²) >= 11 is 0. The Labute approximate surface area is 90.4 Å². The van der Waals surface area contributed by atoms with Crippen molar-refractivity contribution in [2.45, 2.75) is 32.0 Å². The van der Waals surface area contributed by atoms with Crippen LogP contribution in [0.4, 0.5) is 0 Å². The second-order valence-corrected chi connectivity index (χ2v) is 2.90. The second kappa shape index (κ2) is 9.30. The van der Waals surface area contributed by atoms with Crippen molar-refractivity contribution >= 4 is 0 Å². The Kier molecular flexibility index (Phi) is 8.52. The van der Waals surface area contributed by atoms with Crippen LogP contribution in [0.2, 0.25) is 0 Å². The molecule has 0 spiro atoms. The van der Waals surface area contributed by atoms with Gasteiger partial charge in [-0.2, -0.15) is 0 Å². The number of aliphatic hydroxyl groups is 3. The molecule has 82 valence electrons. The second-order valence-electron chi connectivity index (χ2n) is 2.90. The Balaban J connectivity index is 3.92. The normalized spacial score (nSPS) is 13.6. The number of aliphatic hydroxyl groups excluding tert-OH is 3. The van der Waals surface area contributed by atoms with E-state index in [1.54, 1.807) is 0 Å². The smallest absolute Gasteiger partial charge is 0.115 e. The van der Waals surface area contributed by atoms with Crippen molar-refractivity contribution in [2.75, 3.05) is 6.61 Å². The van der Waals surface area contributed by atoms with Gasteiger partial charge in [0.1, 0.15) is 6.10 Å². The summed E-state index contributed by atoms with van der Waals surface area (Å²) < 4.78 is 0. The fourth-order valence-electron chi connectivity index (χ4n) is 0.687. The molecule has 0 aliphatic carbocycles. The number of rotatable bonds is 4. The van der Waals surface area contributed by atoms with Gasteiger partial charge in [-0.15, -0.1) is 0 Å². The molecule has 0 aromatic heterocycles. The van der Waals surface area contributed by atoms with Crippen molar-refractivity contribution in [3.63, 3.8) is 0 Å². The minimum Gasteiger partial charge on any atom is -0.396 e. The average Bonchev–Trinajstić information content (AvgIpc) is 2.23. The average molecular weight is 208 g/mol. The summed E-state index contributed by atoms with van der Waals surface area (Å²) in [5.74, 6) is 10.2. The van der Waals surface area contributed by atoms with E-state index in [1.165, 1.54) is 12.2 Å². The van der Waals surface area contributed by atoms with Crippen LogP contribution in [0, 0.1) is 23.7 Å². The van der Waals surface area contributed by atoms with Crippen molar-refractivity contribution in [2.24, 2.45) is 0 Å². The maximum Gasteiger partial charge on any atom is 0.115 e. The van der Waals surface area contributed by atoms with Crippen LogP contribution in [0.15, 0.2) is 12.2 Å². The van der Waals surface area contributed by atoms with Gasteiger partial charge in [-0.3, -0.25) is 0 Å². The molecule has 0 fully saturated rings. The zero-order chi connectivity index (χ0) is 11.5. The Morgan fingerprint density at radius 1 is 1.27 bits per heavy atom. The molecule has 0 saturated carbocycles. The largest absolute Gasteiger partial charge is 0.396 e. The maximum absolute atomic E-state index is 9.14. The fraction of sp³-hybridized carbons (Fsp3) is 0.500. The third-order valence-corrected chi connectivity index (χ3v) is 1.59. The molecule has 0 bridgehead atoms. The number of allylic oxidation sites excluding steroid dienone is 1. The maximum atomic E-state index is 9.14. The van der Waals surface area contributed by atoms with E-state index in [9.17, 15) is 0 Å². The summed E-state index contributed by atoms with van der Waals surface area (Å²) in [5.41, 5.74) is 0. The third kappa shape index (κ3) is 9.05. The highest BCUT2D eigenvalue weighted by Gasteiger charge is 1.94. The lowest BCUT2D eigenvalue weighted by molar-refractivity contribution is 0.170. The van der Waals surface area contributed by atoms with Gasteiger partial charge in [-0.25, -0.2) is 0 Å². The van der Waals surface area contributed by atoms with E-state index < -0.39 is 12.2 Å². The standard InChI is InChI=1S/C12H16O3/c1-2-11(14)7-5-3-4-6-8-12(15)9-10-13/h6,8,11-15H,2,9-10H2,1H3/b8-6+/t11-,12-/m0/s1. The van der Waals surface area contributed by atoms with Crippen molar-refractivity contribution in [1.82, 2.24) is 0 Å². The third-order valence-electron chi connectivity index (χ3n) is 1.59. The van der Waals surface area contributed by atoms with Crippen LogP contribution in [0.5, 0.6) is 0 Å². The SMILES string of the molecule is CC[C@H](O)C#CC#C/C=C/[C@H](O)CCO. The summed E-state index contributed by atoms with van der Waals surface area (Å²) in [7, 11) is 0. The van der Waals surface area contributed by atoms with Gasteiger partial charge in [0.15, 0.2) is 0 Å². The summed E-state index contributed by atoms with van der Waals surface area (Å²) in [6, 6.07) is 0. The molecule has 0 amide bonds. The van der Waals surface area contributed by atoms with Gasteiger partial charge < -0.3 is 15.3 Å². The zero-order valence-electron chi connectivity index (χ0n) is 8.77. The molecule has 0 rings (SSSR count). The molecule has 15 heavy (non-hydrogen) atoms. The van der Waals surface area contributed by atoms with E-state index >= 15 is 0 Å². The van der Waals surface area contributed by atoms with E-state index in [-0.39, 0.29) is 6.61 Å². The lowest BCUT2D eigenvalue weighted by Gasteiger charge is -1.98. The van der Waals surface area contributed by atoms with Crippen molar-refractivity contribution in [1.29, 1.82) is 0 Å². The molecule has 0 aliphatic rings. The predicted molar refractivity (Wildman–Crippen MR) is 58.7 cm³/mol. The molecule has 0 saturated heterocycles. The minimum absolute atomic E-state index is 0.0541. The van der Waals surface area contributed by atoms with Crippen LogP contribution < -0.4 is 0 Å². The predicted octanol–water partition coefficient (Wildman–Crippen LogP) is 0.0636. The van der Waals surface area contributed by atoms with E-state index in [4.69, 9.17) is 15.3 Å². The van der Waals surface area contributed by atoms with Crippen LogP contribution in [0.25, 0.3) is 0 Å². The van der Waals surface area contributed by atoms with Crippen LogP contribution >= 0.6 is 0 Å². The molecule has 0 aromatic rings. The van der Waals surface area contributed by atoms with Crippen molar-refractivity contribution < 1.29 is 15.3 Å². The molecule has 0 aliphatic heterocycles. The Bertz CT molecular complexity index is 298. The topological polar surface area (TPSA) is 60.7 Å². The van der Waals surface area contributed by atoms with Crippen LogP contribution in [-0.2, 0) is 0 Å². The Morgan fingerprint density at radius 3 is 2.60 bits per heavy atom. The lowest BCUT2D eigenvalue weighted by Crippen LogP contribution is -2.03. The summed E-state index contributed by atoms with van der Waals surface area (Å²) in [6.45, 7) is 1.78. The van der Waals surface area contributed by atoms with Gasteiger partial charge in [0.2, 0.25) is 0 Å². The van der Waals surface area contributed by atoms with E-state index in [0.717, 1.165) is 0 Å². The van der Waals surface area contributed by atoms with E-state index in [1.807, 2.05) is 6.92 Å². The number of hydrogen-bond donors (Lipinski definition) is 3. The van der Waals surface area contributed by atoms with Crippen LogP contribution in [0.1, 0.15) is 19.8 Å². The van der Waals surface area contributed by atoms with E-state index in [2.05, 4.69) is 23.7 Å². The monoisotopic (exact) mass is 208 g/mol. The molecule has 3 N–H and O–H groups in total. The van der Waals surface area contributed by atoms with Gasteiger partial charge >= 0.3 is 0 Å². The molecule has 0 radical (unpaired) electrons. The minimum atomic E-state index is -0.668. The van der Waals surface area contributed by atoms with Gasteiger partial charge in [0.05, 0.1) is 6.10 Å². The van der Waals surface area contributed by atoms with Crippen molar-refractivity contribution in [3.8, 4) is 23.7 Å². The lowest BCUT2D eigenvalue weighted by atomic mass is 10.2. The van der Waals surface area contributed by atoms with Crippen molar-refractivity contribution in [3.05, 3.63) is 12.2 Å². The zero-order valence-corrected chi connectivity index (χ0v) is 8.77. The molecule has 3 heteroatoms. The molecule has 0 aromatic carbocycles. The van der Waals surface area contributed by atoms with Gasteiger partial charge in [0.25, 0.3) is 0 Å². The quantitative estimate of drug-likeness (QED) is 0.573. The first-order valence-corrected chi connectivity index (χ1v) is 4.85. The van der Waals surface area contributed by atoms with Crippen LogP contribution in [0.3, 0.4) is 0 Å². The summed E-state index contributed by atoms with van der Waals surface area (Å²) in [6.07, 6.45) is 2.56. The molecule has 3 nitrogen and oxygen atoms in total. The summed E-state index contributed by atoms with van der Waals surface area (Å²) in [5, 5.41) is 26.7. The molecule has 0 unspecified atom stereocenters. The van der Waals surface area contributed by atoms with Crippen LogP contribution in [-0.4, -0.2) is 34.1 Å². The number of hydrogen-bond acceptors (Lipinski definition) is 3. The molecule has 2 atom stereocenters. The first-order chi connectivity index (χ1) is 7.20. The van der Waals surface area contributed by atoms with E-state index in [0.29, 0.717) is 12.8 Å². The van der Waals surface area contributed by atoms with Gasteiger partial charge in [-0.05, 0) is 30.4 Å². The highest BCUT2D eigenvalue weighted by Crippen LogP contribution is 1.90. The van der Waals surface area contributed by atoms with Gasteiger partial charge in [0, 0.05) is 13.0 Å². The molecule has 0 heterocycles. The first kappa shape index (κ1) is 13.7. The summed E-state index contributed by atoms with van der Waals surface area (Å²) in [4.78, 5) is 0.